The Bertz CT molecular complexity index is 730. The highest BCUT2D eigenvalue weighted by molar-refractivity contribution is 7.96. The number of rotatable bonds is 12. The third kappa shape index (κ3) is 7.65. The van der Waals surface area contributed by atoms with Crippen molar-refractivity contribution in [2.45, 2.75) is 12.6 Å². The van der Waals surface area contributed by atoms with Crippen molar-refractivity contribution in [3.8, 4) is 11.3 Å². The second-order valence-corrected chi connectivity index (χ2v) is 6.73. The van der Waals surface area contributed by atoms with E-state index in [0.717, 1.165) is 16.8 Å². The van der Waals surface area contributed by atoms with Crippen molar-refractivity contribution in [2.75, 3.05) is 25.9 Å². The summed E-state index contributed by atoms with van der Waals surface area (Å²) in [5, 5.41) is 14.1. The van der Waals surface area contributed by atoms with Crippen molar-refractivity contribution in [1.29, 1.82) is 0 Å². The number of amides is 2. The zero-order valence-electron chi connectivity index (χ0n) is 15.7. The van der Waals surface area contributed by atoms with Crippen LogP contribution in [-0.2, 0) is 16.1 Å². The van der Waals surface area contributed by atoms with Crippen LogP contribution in [0.15, 0.2) is 48.7 Å². The minimum Gasteiger partial charge on any atom is -0.390 e. The first-order valence-corrected chi connectivity index (χ1v) is 10.0. The number of aliphatic hydroxyl groups is 1. The first kappa shape index (κ1) is 21.8. The van der Waals surface area contributed by atoms with Crippen molar-refractivity contribution < 1.29 is 14.7 Å². The van der Waals surface area contributed by atoms with Crippen LogP contribution < -0.4 is 15.5 Å². The van der Waals surface area contributed by atoms with Gasteiger partial charge in [0, 0.05) is 31.4 Å². The fourth-order valence-electron chi connectivity index (χ4n) is 2.54. The van der Waals surface area contributed by atoms with Crippen LogP contribution in [0.3, 0.4) is 0 Å². The summed E-state index contributed by atoms with van der Waals surface area (Å²) in [6.07, 6.45) is 3.30. The summed E-state index contributed by atoms with van der Waals surface area (Å²) in [5.41, 5.74) is 5.64. The molecule has 0 spiro atoms. The lowest BCUT2D eigenvalue weighted by molar-refractivity contribution is -0.125. The lowest BCUT2D eigenvalue weighted by Crippen LogP contribution is -2.49. The molecule has 150 valence electrons. The van der Waals surface area contributed by atoms with E-state index in [2.05, 4.69) is 20.4 Å². The Morgan fingerprint density at radius 3 is 2.71 bits per heavy atom. The van der Waals surface area contributed by atoms with E-state index < -0.39 is 6.10 Å². The number of pyridine rings is 1. The predicted molar refractivity (Wildman–Crippen MR) is 110 cm³/mol. The van der Waals surface area contributed by atoms with Gasteiger partial charge >= 0.3 is 0 Å². The molecule has 28 heavy (non-hydrogen) atoms. The van der Waals surface area contributed by atoms with E-state index in [1.807, 2.05) is 48.7 Å². The fourth-order valence-corrected chi connectivity index (χ4v) is 2.82. The zero-order chi connectivity index (χ0) is 20.2. The Morgan fingerprint density at radius 2 is 2.07 bits per heavy atom. The van der Waals surface area contributed by atoms with Gasteiger partial charge in [0.15, 0.2) is 0 Å². The van der Waals surface area contributed by atoms with E-state index in [1.165, 1.54) is 11.9 Å². The van der Waals surface area contributed by atoms with Gasteiger partial charge in [-0.15, -0.1) is 0 Å². The highest BCUT2D eigenvalue weighted by Gasteiger charge is 2.15. The molecule has 1 aromatic carbocycles. The van der Waals surface area contributed by atoms with Crippen LogP contribution in [0.2, 0.25) is 0 Å². The second-order valence-electron chi connectivity index (χ2n) is 6.03. The van der Waals surface area contributed by atoms with Crippen molar-refractivity contribution in [1.82, 2.24) is 25.5 Å². The summed E-state index contributed by atoms with van der Waals surface area (Å²) in [7, 11) is 0. The molecule has 0 radical (unpaired) electrons. The summed E-state index contributed by atoms with van der Waals surface area (Å²) >= 11 is 1.35. The molecule has 0 bridgehead atoms. The quantitative estimate of drug-likeness (QED) is 0.233. The number of aromatic nitrogens is 1. The second kappa shape index (κ2) is 12.1. The number of hydrazine groups is 1. The lowest BCUT2D eigenvalue weighted by Gasteiger charge is -2.26. The van der Waals surface area contributed by atoms with Crippen molar-refractivity contribution in [2.24, 2.45) is 0 Å². The van der Waals surface area contributed by atoms with Gasteiger partial charge in [-0.25, -0.2) is 5.01 Å². The van der Waals surface area contributed by atoms with E-state index in [-0.39, 0.29) is 25.5 Å². The Kier molecular flexibility index (Phi) is 9.43. The van der Waals surface area contributed by atoms with Gasteiger partial charge in [-0.05, 0) is 24.0 Å². The molecule has 2 amide bonds. The number of nitrogens with zero attached hydrogens (tertiary/aromatic N) is 2. The number of hydrogen-bond acceptors (Lipinski definition) is 7. The Hall–Kier alpha value is -2.46. The molecular formula is C19H25N5O3S. The summed E-state index contributed by atoms with van der Waals surface area (Å²) in [4.78, 5) is 26.8. The summed E-state index contributed by atoms with van der Waals surface area (Å²) in [5.74, 6) is -0.213. The largest absolute Gasteiger partial charge is 0.390 e. The van der Waals surface area contributed by atoms with E-state index in [4.69, 9.17) is 0 Å². The Morgan fingerprint density at radius 1 is 1.29 bits per heavy atom. The van der Waals surface area contributed by atoms with Gasteiger partial charge in [-0.1, -0.05) is 42.3 Å². The third-order valence-electron chi connectivity index (χ3n) is 3.82. The van der Waals surface area contributed by atoms with E-state index >= 15 is 0 Å². The fraction of sp³-hybridized carbons (Fsp3) is 0.316. The van der Waals surface area contributed by atoms with Crippen molar-refractivity contribution in [3.63, 3.8) is 0 Å². The van der Waals surface area contributed by atoms with E-state index in [9.17, 15) is 14.7 Å². The number of aliphatic hydroxyl groups excluding tert-OH is 1. The standard InChI is InChI=1S/C19H25N5O3S/c1-28-22-11-19(27)23-24(13-17(26)10-20-14-25)12-15-5-7-16(8-6-15)18-4-2-3-9-21-18/h2-9,14,17,22,26H,10-13H2,1H3,(H,20,25)(H,23,27). The summed E-state index contributed by atoms with van der Waals surface area (Å²) in [6.45, 7) is 0.843. The number of carbonyl (C=O) groups is 2. The molecule has 8 nitrogen and oxygen atoms in total. The highest BCUT2D eigenvalue weighted by atomic mass is 32.2. The van der Waals surface area contributed by atoms with Crippen LogP contribution in [0.1, 0.15) is 5.56 Å². The first-order chi connectivity index (χ1) is 13.6. The molecule has 1 atom stereocenters. The SMILES string of the molecule is CSNCC(=O)NN(Cc1ccc(-c2ccccn2)cc1)CC(O)CNC=O. The molecule has 0 saturated carbocycles. The van der Waals surface area contributed by atoms with Gasteiger partial charge < -0.3 is 10.4 Å². The molecule has 1 unspecified atom stereocenters. The molecule has 2 aromatic rings. The molecular weight excluding hydrogens is 378 g/mol. The van der Waals surface area contributed by atoms with Crippen LogP contribution >= 0.6 is 11.9 Å². The maximum Gasteiger partial charge on any atom is 0.249 e. The van der Waals surface area contributed by atoms with E-state index in [0.29, 0.717) is 13.0 Å². The van der Waals surface area contributed by atoms with Crippen LogP contribution in [0.4, 0.5) is 0 Å². The minimum absolute atomic E-state index is 0.109. The van der Waals surface area contributed by atoms with Gasteiger partial charge in [0.2, 0.25) is 12.3 Å². The van der Waals surface area contributed by atoms with Gasteiger partial charge in [-0.2, -0.15) is 0 Å². The van der Waals surface area contributed by atoms with Crippen LogP contribution in [0, 0.1) is 0 Å². The average molecular weight is 404 g/mol. The van der Waals surface area contributed by atoms with Crippen molar-refractivity contribution in [3.05, 3.63) is 54.2 Å². The number of nitrogens with one attached hydrogen (secondary N) is 3. The summed E-state index contributed by atoms with van der Waals surface area (Å²) in [6, 6.07) is 13.6. The summed E-state index contributed by atoms with van der Waals surface area (Å²) < 4.78 is 2.88. The molecule has 2 rings (SSSR count). The third-order valence-corrected chi connectivity index (χ3v) is 4.25. The number of hydrogen-bond donors (Lipinski definition) is 4. The molecule has 0 aliphatic heterocycles. The van der Waals surface area contributed by atoms with E-state index in [1.54, 1.807) is 11.2 Å². The zero-order valence-corrected chi connectivity index (χ0v) is 16.5. The maximum absolute atomic E-state index is 12.0. The van der Waals surface area contributed by atoms with Crippen LogP contribution in [0.25, 0.3) is 11.3 Å². The monoisotopic (exact) mass is 403 g/mol. The highest BCUT2D eigenvalue weighted by Crippen LogP contribution is 2.17. The normalized spacial score (nSPS) is 11.8. The first-order valence-electron chi connectivity index (χ1n) is 8.78. The van der Waals surface area contributed by atoms with Crippen molar-refractivity contribution >= 4 is 24.3 Å². The molecule has 1 heterocycles. The average Bonchev–Trinajstić information content (AvgIpc) is 2.72. The van der Waals surface area contributed by atoms with Gasteiger partial charge in [0.05, 0.1) is 18.3 Å². The van der Waals surface area contributed by atoms with Crippen LogP contribution in [0.5, 0.6) is 0 Å². The lowest BCUT2D eigenvalue weighted by atomic mass is 10.1. The molecule has 0 aliphatic rings. The number of carbonyl (C=O) groups excluding carboxylic acids is 2. The Balaban J connectivity index is 2.02. The van der Waals surface area contributed by atoms with Crippen LogP contribution in [-0.4, -0.2) is 59.4 Å². The topological polar surface area (TPSA) is 107 Å². The molecule has 4 N–H and O–H groups in total. The smallest absolute Gasteiger partial charge is 0.249 e. The maximum atomic E-state index is 12.0. The van der Waals surface area contributed by atoms with Gasteiger partial charge in [0.25, 0.3) is 0 Å². The molecule has 0 saturated heterocycles. The Labute approximate surface area is 168 Å². The molecule has 0 fully saturated rings. The molecule has 9 heteroatoms. The van der Waals surface area contributed by atoms with Gasteiger partial charge in [-0.3, -0.25) is 24.7 Å². The van der Waals surface area contributed by atoms with Gasteiger partial charge in [0.1, 0.15) is 0 Å². The number of benzene rings is 1. The predicted octanol–water partition coefficient (Wildman–Crippen LogP) is 0.556. The minimum atomic E-state index is -0.813. The molecule has 0 aliphatic carbocycles. The molecule has 1 aromatic heterocycles.